The number of aryl methyl sites for hydroxylation is 1. The van der Waals surface area contributed by atoms with E-state index in [0.29, 0.717) is 24.7 Å². The van der Waals surface area contributed by atoms with E-state index in [1.54, 1.807) is 0 Å². The van der Waals surface area contributed by atoms with Crippen LogP contribution >= 0.6 is 0 Å². The van der Waals surface area contributed by atoms with E-state index in [2.05, 4.69) is 29.5 Å². The molecule has 180 valence electrons. The fraction of sp³-hybridized carbons (Fsp3) is 0.520. The van der Waals surface area contributed by atoms with E-state index < -0.39 is 17.6 Å². The highest BCUT2D eigenvalue weighted by molar-refractivity contribution is 5.96. The van der Waals surface area contributed by atoms with Gasteiger partial charge in [0.05, 0.1) is 11.4 Å². The number of nitrogens with zero attached hydrogens (tertiary/aromatic N) is 2. The Morgan fingerprint density at radius 3 is 2.39 bits per heavy atom. The molecule has 0 aliphatic carbocycles. The number of aromatic nitrogens is 2. The minimum Gasteiger partial charge on any atom is -0.444 e. The van der Waals surface area contributed by atoms with E-state index in [4.69, 9.17) is 15.5 Å². The van der Waals surface area contributed by atoms with Gasteiger partial charge in [0.2, 0.25) is 0 Å². The molecule has 0 radical (unpaired) electrons. The van der Waals surface area contributed by atoms with Crippen LogP contribution < -0.4 is 16.4 Å². The molecule has 8 nitrogen and oxygen atoms in total. The number of carbonyl (C=O) groups is 2. The third-order valence-corrected chi connectivity index (χ3v) is 4.89. The molecule has 1 atom stereocenters. The van der Waals surface area contributed by atoms with Crippen LogP contribution in [0.25, 0.3) is 0 Å². The summed E-state index contributed by atoms with van der Waals surface area (Å²) < 4.78 is 5.30. The van der Waals surface area contributed by atoms with Crippen LogP contribution in [-0.2, 0) is 17.6 Å². The molecule has 0 saturated heterocycles. The molecule has 0 bridgehead atoms. The number of nitrogens with two attached hydrogens (primary N) is 1. The van der Waals surface area contributed by atoms with E-state index in [1.165, 1.54) is 0 Å². The summed E-state index contributed by atoms with van der Waals surface area (Å²) in [6.07, 6.45) is 0.989. The van der Waals surface area contributed by atoms with Gasteiger partial charge in [-0.3, -0.25) is 4.79 Å². The fourth-order valence-corrected chi connectivity index (χ4v) is 3.33. The van der Waals surface area contributed by atoms with Crippen LogP contribution in [-0.4, -0.2) is 34.1 Å². The third kappa shape index (κ3) is 8.04. The van der Waals surface area contributed by atoms with Crippen molar-refractivity contribution in [2.24, 2.45) is 11.7 Å². The van der Waals surface area contributed by atoms with E-state index in [-0.39, 0.29) is 11.6 Å². The number of nitrogens with one attached hydrogen (secondary N) is 2. The lowest BCUT2D eigenvalue weighted by molar-refractivity contribution is 0.0525. The Hall–Kier alpha value is -3.16. The topological polar surface area (TPSA) is 119 Å². The minimum atomic E-state index is -0.623. The molecule has 2 aromatic rings. The molecule has 33 heavy (non-hydrogen) atoms. The smallest absolute Gasteiger partial charge is 0.407 e. The van der Waals surface area contributed by atoms with Gasteiger partial charge in [0, 0.05) is 12.2 Å². The average molecular weight is 456 g/mol. The van der Waals surface area contributed by atoms with Crippen LogP contribution in [0, 0.1) is 5.92 Å². The third-order valence-electron chi connectivity index (χ3n) is 4.89. The first kappa shape index (κ1) is 26.1. The molecule has 8 heteroatoms. The van der Waals surface area contributed by atoms with Crippen molar-refractivity contribution in [3.05, 3.63) is 46.9 Å². The van der Waals surface area contributed by atoms with Crippen molar-refractivity contribution in [1.29, 1.82) is 0 Å². The number of hydrogen-bond acceptors (Lipinski definition) is 6. The molecule has 0 aliphatic rings. The SMILES string of the molecule is CCc1nc(C(N)=O)c(Nc2cccc([C@@H](C)CNC(=O)OC(C)(C)C)c2)nc1CC(C)C. The summed E-state index contributed by atoms with van der Waals surface area (Å²) in [5, 5.41) is 6.03. The Labute approximate surface area is 196 Å². The normalized spacial score (nSPS) is 12.4. The predicted octanol–water partition coefficient (Wildman–Crippen LogP) is 4.71. The van der Waals surface area contributed by atoms with Gasteiger partial charge in [-0.05, 0) is 63.1 Å². The lowest BCUT2D eigenvalue weighted by Crippen LogP contribution is -2.34. The second-order valence-corrected chi connectivity index (χ2v) is 9.66. The molecule has 0 aliphatic heterocycles. The van der Waals surface area contributed by atoms with E-state index >= 15 is 0 Å². The molecule has 0 unspecified atom stereocenters. The first-order chi connectivity index (χ1) is 15.4. The maximum atomic E-state index is 12.1. The largest absolute Gasteiger partial charge is 0.444 e. The highest BCUT2D eigenvalue weighted by Crippen LogP contribution is 2.24. The number of anilines is 2. The summed E-state index contributed by atoms with van der Waals surface area (Å²) in [4.78, 5) is 33.3. The lowest BCUT2D eigenvalue weighted by Gasteiger charge is -2.21. The van der Waals surface area contributed by atoms with Crippen molar-refractivity contribution >= 4 is 23.5 Å². The second kappa shape index (κ2) is 11.1. The van der Waals surface area contributed by atoms with Crippen LogP contribution in [0.2, 0.25) is 0 Å². The van der Waals surface area contributed by atoms with Gasteiger partial charge in [0.1, 0.15) is 5.60 Å². The molecule has 2 rings (SSSR count). The molecule has 0 fully saturated rings. The second-order valence-electron chi connectivity index (χ2n) is 9.66. The van der Waals surface area contributed by atoms with Crippen LogP contribution in [0.1, 0.15) is 81.8 Å². The van der Waals surface area contributed by atoms with Crippen LogP contribution in [0.3, 0.4) is 0 Å². The van der Waals surface area contributed by atoms with Crippen LogP contribution in [0.4, 0.5) is 16.3 Å². The number of primary amides is 1. The van der Waals surface area contributed by atoms with E-state index in [0.717, 1.165) is 29.1 Å². The number of alkyl carbamates (subject to hydrolysis) is 1. The van der Waals surface area contributed by atoms with Crippen molar-refractivity contribution in [3.63, 3.8) is 0 Å². The Balaban J connectivity index is 2.23. The standard InChI is InChI=1S/C25H37N5O3/c1-8-19-20(12-15(2)3)30-23(21(29-19)22(26)31)28-18-11-9-10-17(13-18)16(4)14-27-24(32)33-25(5,6)7/h9-11,13,15-16H,8,12,14H2,1-7H3,(H2,26,31)(H,27,32)(H,28,30)/t16-/m0/s1. The first-order valence-electron chi connectivity index (χ1n) is 11.4. The Morgan fingerprint density at radius 2 is 1.82 bits per heavy atom. The highest BCUT2D eigenvalue weighted by atomic mass is 16.6. The molecule has 2 amide bonds. The van der Waals surface area contributed by atoms with Gasteiger partial charge in [-0.2, -0.15) is 0 Å². The van der Waals surface area contributed by atoms with Gasteiger partial charge in [-0.25, -0.2) is 14.8 Å². The number of carbonyl (C=O) groups excluding carboxylic acids is 2. The number of benzene rings is 1. The van der Waals surface area contributed by atoms with Crippen molar-refractivity contribution < 1.29 is 14.3 Å². The van der Waals surface area contributed by atoms with Gasteiger partial charge in [0.15, 0.2) is 11.5 Å². The summed E-state index contributed by atoms with van der Waals surface area (Å²) in [6.45, 7) is 14.1. The minimum absolute atomic E-state index is 0.0416. The molecule has 1 aromatic heterocycles. The summed E-state index contributed by atoms with van der Waals surface area (Å²) in [7, 11) is 0. The zero-order valence-electron chi connectivity index (χ0n) is 20.8. The maximum absolute atomic E-state index is 12.1. The molecular weight excluding hydrogens is 418 g/mol. The predicted molar refractivity (Wildman–Crippen MR) is 131 cm³/mol. The molecule has 1 heterocycles. The number of rotatable bonds is 9. The summed E-state index contributed by atoms with van der Waals surface area (Å²) in [6, 6.07) is 7.75. The van der Waals surface area contributed by atoms with Gasteiger partial charge >= 0.3 is 6.09 Å². The number of hydrogen-bond donors (Lipinski definition) is 3. The van der Waals surface area contributed by atoms with E-state index in [9.17, 15) is 9.59 Å². The number of ether oxygens (including phenoxy) is 1. The number of amides is 2. The van der Waals surface area contributed by atoms with Crippen molar-refractivity contribution in [3.8, 4) is 0 Å². The van der Waals surface area contributed by atoms with Gasteiger partial charge < -0.3 is 21.1 Å². The summed E-state index contributed by atoms with van der Waals surface area (Å²) in [5.41, 5.74) is 8.61. The zero-order valence-corrected chi connectivity index (χ0v) is 20.8. The molecular formula is C25H37N5O3. The molecule has 4 N–H and O–H groups in total. The average Bonchev–Trinajstić information content (AvgIpc) is 2.70. The maximum Gasteiger partial charge on any atom is 0.407 e. The van der Waals surface area contributed by atoms with Gasteiger partial charge in [-0.15, -0.1) is 0 Å². The lowest BCUT2D eigenvalue weighted by atomic mass is 10.0. The Kier molecular flexibility index (Phi) is 8.79. The van der Waals surface area contributed by atoms with Gasteiger partial charge in [-0.1, -0.05) is 39.8 Å². The van der Waals surface area contributed by atoms with Crippen molar-refractivity contribution in [1.82, 2.24) is 15.3 Å². The first-order valence-corrected chi connectivity index (χ1v) is 11.4. The highest BCUT2D eigenvalue weighted by Gasteiger charge is 2.19. The van der Waals surface area contributed by atoms with Crippen LogP contribution in [0.15, 0.2) is 24.3 Å². The van der Waals surface area contributed by atoms with E-state index in [1.807, 2.05) is 58.9 Å². The van der Waals surface area contributed by atoms with Crippen molar-refractivity contribution in [2.75, 3.05) is 11.9 Å². The molecule has 0 saturated carbocycles. The zero-order chi connectivity index (χ0) is 24.8. The molecule has 0 spiro atoms. The molecule has 1 aromatic carbocycles. The Bertz CT molecular complexity index is 982. The summed E-state index contributed by atoms with van der Waals surface area (Å²) >= 11 is 0. The monoisotopic (exact) mass is 455 g/mol. The Morgan fingerprint density at radius 1 is 1.12 bits per heavy atom. The quantitative estimate of drug-likeness (QED) is 0.504. The summed E-state index contributed by atoms with van der Waals surface area (Å²) in [5.74, 6) is 0.173. The van der Waals surface area contributed by atoms with Gasteiger partial charge in [0.25, 0.3) is 5.91 Å². The van der Waals surface area contributed by atoms with Crippen LogP contribution in [0.5, 0.6) is 0 Å². The van der Waals surface area contributed by atoms with Crippen molar-refractivity contribution in [2.45, 2.75) is 72.8 Å². The fourth-order valence-electron chi connectivity index (χ4n) is 3.33.